The molecule has 0 aromatic heterocycles. The molecule has 1 saturated heterocycles. The number of nitrogens with two attached hydrogens (primary N) is 3. The SMILES string of the molecule is CC(c1ccccc1)N1CCN(C(/C=C(\N)c2ccccc2O)=C(N)N)CC1. The van der Waals surface area contributed by atoms with Crippen LogP contribution in [0.2, 0.25) is 0 Å². The van der Waals surface area contributed by atoms with Crippen LogP contribution in [0.15, 0.2) is 72.2 Å². The van der Waals surface area contributed by atoms with Crippen LogP contribution in [0.3, 0.4) is 0 Å². The topological polar surface area (TPSA) is 105 Å². The Bertz CT molecular complexity index is 850. The first kappa shape index (κ1) is 19.6. The molecule has 0 aliphatic carbocycles. The summed E-state index contributed by atoms with van der Waals surface area (Å²) in [6.07, 6.45) is 1.75. The molecule has 1 heterocycles. The molecule has 1 aliphatic rings. The summed E-state index contributed by atoms with van der Waals surface area (Å²) in [5.74, 6) is 0.357. The van der Waals surface area contributed by atoms with E-state index in [2.05, 4.69) is 41.0 Å². The first-order chi connectivity index (χ1) is 13.5. The average molecular weight is 380 g/mol. The number of phenols is 1. The van der Waals surface area contributed by atoms with Gasteiger partial charge in [0, 0.05) is 43.5 Å². The van der Waals surface area contributed by atoms with E-state index in [0.717, 1.165) is 26.2 Å². The van der Waals surface area contributed by atoms with E-state index < -0.39 is 0 Å². The summed E-state index contributed by atoms with van der Waals surface area (Å²) in [5, 5.41) is 10.0. The van der Waals surface area contributed by atoms with Gasteiger partial charge in [-0.15, -0.1) is 0 Å². The van der Waals surface area contributed by atoms with Gasteiger partial charge >= 0.3 is 0 Å². The van der Waals surface area contributed by atoms with Gasteiger partial charge in [-0.1, -0.05) is 42.5 Å². The number of hydrogen-bond donors (Lipinski definition) is 4. The second kappa shape index (κ2) is 8.71. The summed E-state index contributed by atoms with van der Waals surface area (Å²) in [6, 6.07) is 17.8. The highest BCUT2D eigenvalue weighted by atomic mass is 16.3. The van der Waals surface area contributed by atoms with Crippen molar-refractivity contribution in [3.05, 3.63) is 83.3 Å². The Hall–Kier alpha value is -3.12. The molecule has 1 fully saturated rings. The Kier molecular flexibility index (Phi) is 6.11. The normalized spacial score (nSPS) is 16.6. The van der Waals surface area contributed by atoms with Crippen LogP contribution in [0.4, 0.5) is 0 Å². The fourth-order valence-corrected chi connectivity index (χ4v) is 3.59. The molecular weight excluding hydrogens is 350 g/mol. The largest absolute Gasteiger partial charge is 0.507 e. The van der Waals surface area contributed by atoms with Crippen LogP contribution in [0.1, 0.15) is 24.1 Å². The van der Waals surface area contributed by atoms with Crippen molar-refractivity contribution >= 4 is 5.70 Å². The van der Waals surface area contributed by atoms with E-state index >= 15 is 0 Å². The molecule has 0 amide bonds. The molecule has 6 heteroatoms. The summed E-state index contributed by atoms with van der Waals surface area (Å²) in [5.41, 5.74) is 21.1. The first-order valence-corrected chi connectivity index (χ1v) is 9.52. The van der Waals surface area contributed by atoms with Crippen LogP contribution in [-0.4, -0.2) is 41.1 Å². The number of rotatable bonds is 5. The highest BCUT2D eigenvalue weighted by Gasteiger charge is 2.23. The van der Waals surface area contributed by atoms with Crippen molar-refractivity contribution in [1.82, 2.24) is 9.80 Å². The molecular formula is C22H29N5O. The van der Waals surface area contributed by atoms with Crippen molar-refractivity contribution < 1.29 is 5.11 Å². The van der Waals surface area contributed by atoms with Crippen LogP contribution in [0.5, 0.6) is 5.75 Å². The zero-order valence-electron chi connectivity index (χ0n) is 16.3. The summed E-state index contributed by atoms with van der Waals surface area (Å²) in [6.45, 7) is 5.63. The van der Waals surface area contributed by atoms with Gasteiger partial charge in [0.1, 0.15) is 11.6 Å². The summed E-state index contributed by atoms with van der Waals surface area (Å²) in [7, 11) is 0. The van der Waals surface area contributed by atoms with E-state index in [4.69, 9.17) is 17.2 Å². The third-order valence-electron chi connectivity index (χ3n) is 5.29. The van der Waals surface area contributed by atoms with E-state index in [1.165, 1.54) is 5.56 Å². The van der Waals surface area contributed by atoms with Crippen molar-refractivity contribution in [2.75, 3.05) is 26.2 Å². The van der Waals surface area contributed by atoms with Gasteiger partial charge in [0.05, 0.1) is 5.70 Å². The van der Waals surface area contributed by atoms with Gasteiger partial charge in [-0.2, -0.15) is 0 Å². The second-order valence-corrected chi connectivity index (χ2v) is 7.07. The molecule has 0 bridgehead atoms. The lowest BCUT2D eigenvalue weighted by atomic mass is 10.1. The number of hydrogen-bond acceptors (Lipinski definition) is 6. The molecule has 148 valence electrons. The lowest BCUT2D eigenvalue weighted by molar-refractivity contribution is 0.124. The maximum atomic E-state index is 10.0. The number of nitrogens with zero attached hydrogens (tertiary/aromatic N) is 2. The Morgan fingerprint density at radius 1 is 0.929 bits per heavy atom. The molecule has 0 radical (unpaired) electrons. The van der Waals surface area contributed by atoms with E-state index in [1.54, 1.807) is 24.3 Å². The van der Waals surface area contributed by atoms with Crippen LogP contribution in [0, 0.1) is 0 Å². The fraction of sp³-hybridized carbons (Fsp3) is 0.273. The smallest absolute Gasteiger partial charge is 0.124 e. The quantitative estimate of drug-likeness (QED) is 0.594. The zero-order chi connectivity index (χ0) is 20.1. The summed E-state index contributed by atoms with van der Waals surface area (Å²) >= 11 is 0. The highest BCUT2D eigenvalue weighted by Crippen LogP contribution is 2.25. The Morgan fingerprint density at radius 3 is 2.14 bits per heavy atom. The van der Waals surface area contributed by atoms with E-state index in [0.29, 0.717) is 23.0 Å². The molecule has 1 aliphatic heterocycles. The van der Waals surface area contributed by atoms with Crippen molar-refractivity contribution in [2.45, 2.75) is 13.0 Å². The first-order valence-electron chi connectivity index (χ1n) is 9.52. The zero-order valence-corrected chi connectivity index (χ0v) is 16.3. The van der Waals surface area contributed by atoms with Gasteiger partial charge in [0.15, 0.2) is 0 Å². The van der Waals surface area contributed by atoms with Crippen LogP contribution >= 0.6 is 0 Å². The van der Waals surface area contributed by atoms with Crippen LogP contribution in [-0.2, 0) is 0 Å². The molecule has 3 rings (SSSR count). The predicted molar refractivity (Wildman–Crippen MR) is 114 cm³/mol. The maximum Gasteiger partial charge on any atom is 0.124 e. The van der Waals surface area contributed by atoms with Crippen LogP contribution < -0.4 is 17.2 Å². The van der Waals surface area contributed by atoms with Gasteiger partial charge in [-0.05, 0) is 30.7 Å². The molecule has 0 saturated carbocycles. The van der Waals surface area contributed by atoms with Crippen molar-refractivity contribution in [3.8, 4) is 5.75 Å². The standard InChI is InChI=1S/C22H29N5O/c1-16(17-7-3-2-4-8-17)26-11-13-27(14-12-26)20(22(24)25)15-19(23)18-9-5-6-10-21(18)28/h2-10,15-16,28H,11-14,23-25H2,1H3/b19-15-. The number of aromatic hydroxyl groups is 1. The van der Waals surface area contributed by atoms with Gasteiger partial charge in [-0.3, -0.25) is 4.90 Å². The summed E-state index contributed by atoms with van der Waals surface area (Å²) < 4.78 is 0. The van der Waals surface area contributed by atoms with Gasteiger partial charge in [0.25, 0.3) is 0 Å². The number of para-hydroxylation sites is 1. The molecule has 2 aromatic rings. The van der Waals surface area contributed by atoms with E-state index in [-0.39, 0.29) is 11.6 Å². The van der Waals surface area contributed by atoms with Crippen molar-refractivity contribution in [2.24, 2.45) is 17.2 Å². The lowest BCUT2D eigenvalue weighted by Crippen LogP contribution is -2.47. The Labute approximate surface area is 166 Å². The molecule has 6 nitrogen and oxygen atoms in total. The van der Waals surface area contributed by atoms with E-state index in [1.807, 2.05) is 12.1 Å². The van der Waals surface area contributed by atoms with Crippen LogP contribution in [0.25, 0.3) is 5.70 Å². The number of benzene rings is 2. The number of allylic oxidation sites excluding steroid dienone is 1. The Balaban J connectivity index is 1.71. The number of piperazine rings is 1. The maximum absolute atomic E-state index is 10.0. The molecule has 28 heavy (non-hydrogen) atoms. The third-order valence-corrected chi connectivity index (χ3v) is 5.29. The molecule has 2 aromatic carbocycles. The summed E-state index contributed by atoms with van der Waals surface area (Å²) in [4.78, 5) is 4.60. The minimum absolute atomic E-state index is 0.132. The Morgan fingerprint density at radius 2 is 1.54 bits per heavy atom. The van der Waals surface area contributed by atoms with Gasteiger partial charge in [-0.25, -0.2) is 0 Å². The molecule has 1 atom stereocenters. The molecule has 1 unspecified atom stereocenters. The highest BCUT2D eigenvalue weighted by molar-refractivity contribution is 5.69. The monoisotopic (exact) mass is 379 g/mol. The van der Waals surface area contributed by atoms with Gasteiger partial charge < -0.3 is 27.2 Å². The molecule has 0 spiro atoms. The van der Waals surface area contributed by atoms with Crippen molar-refractivity contribution in [3.63, 3.8) is 0 Å². The van der Waals surface area contributed by atoms with Crippen molar-refractivity contribution in [1.29, 1.82) is 0 Å². The molecule has 7 N–H and O–H groups in total. The second-order valence-electron chi connectivity index (χ2n) is 7.07. The average Bonchev–Trinajstić information content (AvgIpc) is 2.72. The van der Waals surface area contributed by atoms with E-state index in [9.17, 15) is 5.11 Å². The van der Waals surface area contributed by atoms with Gasteiger partial charge in [0.2, 0.25) is 0 Å². The minimum Gasteiger partial charge on any atom is -0.507 e. The predicted octanol–water partition coefficient (Wildman–Crippen LogP) is 2.16. The third kappa shape index (κ3) is 4.40. The fourth-order valence-electron chi connectivity index (χ4n) is 3.59. The lowest BCUT2D eigenvalue weighted by Gasteiger charge is -2.39. The minimum atomic E-state index is 0.132. The number of phenolic OH excluding ortho intramolecular Hbond substituents is 1.